The molecule has 0 aliphatic rings. The Hall–Kier alpha value is -3.51. The molecule has 0 saturated carbocycles. The third kappa shape index (κ3) is 3.77. The molecule has 2 amide bonds. The number of nitrogens with zero attached hydrogens (tertiary/aromatic N) is 1. The van der Waals surface area contributed by atoms with Crippen molar-refractivity contribution in [1.82, 2.24) is 4.98 Å². The number of nitrogens with one attached hydrogen (secondary N) is 2. The van der Waals surface area contributed by atoms with Gasteiger partial charge < -0.3 is 5.32 Å². The van der Waals surface area contributed by atoms with E-state index in [-0.39, 0.29) is 11.8 Å². The largest absolute Gasteiger partial charge is 0.326 e. The molecule has 4 rings (SSSR count). The highest BCUT2D eigenvalue weighted by molar-refractivity contribution is 7.14. The molecule has 0 aliphatic heterocycles. The molecule has 1 aromatic heterocycles. The highest BCUT2D eigenvalue weighted by Gasteiger charge is 2.12. The minimum atomic E-state index is -0.182. The second-order valence-electron chi connectivity index (χ2n) is 6.28. The molecule has 0 unspecified atom stereocenters. The normalized spacial score (nSPS) is 10.6. The standard InChI is InChI=1S/C22H17N3O2S/c1-14(26)23-17-11-9-16(10-12-17)20-13-28-22(24-20)25-21(27)19-8-4-6-15-5-2-3-7-18(15)19/h2-13H,1H3,(H,23,26)(H,24,25,27). The topological polar surface area (TPSA) is 71.1 Å². The smallest absolute Gasteiger partial charge is 0.258 e. The number of thiazole rings is 1. The first-order valence-corrected chi connectivity index (χ1v) is 9.61. The summed E-state index contributed by atoms with van der Waals surface area (Å²) < 4.78 is 0. The lowest BCUT2D eigenvalue weighted by molar-refractivity contribution is -0.114. The SMILES string of the molecule is CC(=O)Nc1ccc(-c2csc(NC(=O)c3cccc4ccccc34)n2)cc1. The summed E-state index contributed by atoms with van der Waals surface area (Å²) in [6, 6.07) is 20.9. The summed E-state index contributed by atoms with van der Waals surface area (Å²) in [6.07, 6.45) is 0. The van der Waals surface area contributed by atoms with Gasteiger partial charge in [-0.3, -0.25) is 14.9 Å². The van der Waals surface area contributed by atoms with E-state index in [9.17, 15) is 9.59 Å². The van der Waals surface area contributed by atoms with Gasteiger partial charge in [0.1, 0.15) is 0 Å². The van der Waals surface area contributed by atoms with Crippen LogP contribution in [0, 0.1) is 0 Å². The van der Waals surface area contributed by atoms with Crippen LogP contribution in [0.1, 0.15) is 17.3 Å². The van der Waals surface area contributed by atoms with Crippen LogP contribution in [0.15, 0.2) is 72.1 Å². The van der Waals surface area contributed by atoms with E-state index in [0.29, 0.717) is 10.7 Å². The number of carbonyl (C=O) groups is 2. The fraction of sp³-hybridized carbons (Fsp3) is 0.0455. The van der Waals surface area contributed by atoms with Crippen molar-refractivity contribution in [3.05, 3.63) is 77.7 Å². The predicted octanol–water partition coefficient (Wildman–Crippen LogP) is 5.17. The molecule has 0 atom stereocenters. The van der Waals surface area contributed by atoms with Crippen LogP contribution in [-0.4, -0.2) is 16.8 Å². The van der Waals surface area contributed by atoms with Crippen molar-refractivity contribution in [1.29, 1.82) is 0 Å². The van der Waals surface area contributed by atoms with E-state index >= 15 is 0 Å². The van der Waals surface area contributed by atoms with E-state index in [0.717, 1.165) is 27.7 Å². The predicted molar refractivity (Wildman–Crippen MR) is 114 cm³/mol. The maximum Gasteiger partial charge on any atom is 0.258 e. The van der Waals surface area contributed by atoms with E-state index in [1.807, 2.05) is 72.1 Å². The van der Waals surface area contributed by atoms with Gasteiger partial charge in [0.2, 0.25) is 5.91 Å². The van der Waals surface area contributed by atoms with Gasteiger partial charge in [-0.2, -0.15) is 0 Å². The zero-order chi connectivity index (χ0) is 19.5. The van der Waals surface area contributed by atoms with Crippen LogP contribution >= 0.6 is 11.3 Å². The number of aromatic nitrogens is 1. The first kappa shape index (κ1) is 17.9. The highest BCUT2D eigenvalue weighted by atomic mass is 32.1. The minimum Gasteiger partial charge on any atom is -0.326 e. The Labute approximate surface area is 166 Å². The maximum atomic E-state index is 12.7. The third-order valence-corrected chi connectivity index (χ3v) is 5.02. The number of benzene rings is 3. The van der Waals surface area contributed by atoms with Crippen molar-refractivity contribution in [2.24, 2.45) is 0 Å². The lowest BCUT2D eigenvalue weighted by atomic mass is 10.0. The molecule has 0 aliphatic carbocycles. The van der Waals surface area contributed by atoms with Crippen LogP contribution in [-0.2, 0) is 4.79 Å². The molecule has 28 heavy (non-hydrogen) atoms. The van der Waals surface area contributed by atoms with Crippen molar-refractivity contribution in [3.63, 3.8) is 0 Å². The summed E-state index contributed by atoms with van der Waals surface area (Å²) in [5.74, 6) is -0.293. The number of carbonyl (C=O) groups excluding carboxylic acids is 2. The van der Waals surface area contributed by atoms with Gasteiger partial charge in [0.25, 0.3) is 5.91 Å². The van der Waals surface area contributed by atoms with Crippen molar-refractivity contribution in [2.45, 2.75) is 6.92 Å². The third-order valence-electron chi connectivity index (χ3n) is 4.26. The molecule has 0 spiro atoms. The second-order valence-corrected chi connectivity index (χ2v) is 7.14. The van der Waals surface area contributed by atoms with Gasteiger partial charge in [-0.15, -0.1) is 11.3 Å². The van der Waals surface area contributed by atoms with Gasteiger partial charge in [-0.05, 0) is 29.0 Å². The number of hydrogen-bond donors (Lipinski definition) is 2. The molecule has 3 aromatic carbocycles. The zero-order valence-corrected chi connectivity index (χ0v) is 15.9. The Morgan fingerprint density at radius 1 is 0.893 bits per heavy atom. The van der Waals surface area contributed by atoms with Crippen molar-refractivity contribution < 1.29 is 9.59 Å². The molecule has 6 heteroatoms. The van der Waals surface area contributed by atoms with E-state index in [1.54, 1.807) is 0 Å². The molecule has 0 bridgehead atoms. The fourth-order valence-electron chi connectivity index (χ4n) is 2.98. The van der Waals surface area contributed by atoms with E-state index in [1.165, 1.54) is 18.3 Å². The summed E-state index contributed by atoms with van der Waals surface area (Å²) in [7, 11) is 0. The summed E-state index contributed by atoms with van der Waals surface area (Å²) in [5.41, 5.74) is 3.04. The molecule has 5 nitrogen and oxygen atoms in total. The Kier molecular flexibility index (Phi) is 4.87. The molecule has 0 fully saturated rings. The monoisotopic (exact) mass is 387 g/mol. The molecular formula is C22H17N3O2S. The van der Waals surface area contributed by atoms with E-state index in [2.05, 4.69) is 15.6 Å². The van der Waals surface area contributed by atoms with Gasteiger partial charge in [0.15, 0.2) is 5.13 Å². The second kappa shape index (κ2) is 7.62. The van der Waals surface area contributed by atoms with Crippen LogP contribution in [0.25, 0.3) is 22.0 Å². The fourth-order valence-corrected chi connectivity index (χ4v) is 3.69. The summed E-state index contributed by atoms with van der Waals surface area (Å²) in [5, 5.41) is 9.99. The first-order valence-electron chi connectivity index (χ1n) is 8.73. The van der Waals surface area contributed by atoms with Crippen molar-refractivity contribution in [2.75, 3.05) is 10.6 Å². The van der Waals surface area contributed by atoms with E-state index < -0.39 is 0 Å². The Bertz CT molecular complexity index is 1160. The quantitative estimate of drug-likeness (QED) is 0.507. The Balaban J connectivity index is 1.53. The Morgan fingerprint density at radius 3 is 2.43 bits per heavy atom. The maximum absolute atomic E-state index is 12.7. The van der Waals surface area contributed by atoms with Gasteiger partial charge in [-0.1, -0.05) is 48.5 Å². The molecule has 138 valence electrons. The first-order chi connectivity index (χ1) is 13.6. The van der Waals surface area contributed by atoms with Gasteiger partial charge in [0.05, 0.1) is 5.69 Å². The lowest BCUT2D eigenvalue weighted by Crippen LogP contribution is -2.12. The van der Waals surface area contributed by atoms with Gasteiger partial charge in [0, 0.05) is 29.1 Å². The molecular weight excluding hydrogens is 370 g/mol. The van der Waals surface area contributed by atoms with Crippen molar-refractivity contribution >= 4 is 44.7 Å². The van der Waals surface area contributed by atoms with Crippen LogP contribution < -0.4 is 10.6 Å². The molecule has 1 heterocycles. The number of rotatable bonds is 4. The van der Waals surface area contributed by atoms with E-state index in [4.69, 9.17) is 0 Å². The average molecular weight is 387 g/mol. The summed E-state index contributed by atoms with van der Waals surface area (Å²) in [6.45, 7) is 1.47. The van der Waals surface area contributed by atoms with Crippen LogP contribution in [0.3, 0.4) is 0 Å². The number of hydrogen-bond acceptors (Lipinski definition) is 4. The van der Waals surface area contributed by atoms with Gasteiger partial charge in [-0.25, -0.2) is 4.98 Å². The van der Waals surface area contributed by atoms with Crippen LogP contribution in [0.4, 0.5) is 10.8 Å². The summed E-state index contributed by atoms with van der Waals surface area (Å²) >= 11 is 1.37. The number of amides is 2. The molecule has 0 saturated heterocycles. The molecule has 0 radical (unpaired) electrons. The van der Waals surface area contributed by atoms with Crippen molar-refractivity contribution in [3.8, 4) is 11.3 Å². The number of anilines is 2. The zero-order valence-electron chi connectivity index (χ0n) is 15.1. The van der Waals surface area contributed by atoms with Crippen LogP contribution in [0.5, 0.6) is 0 Å². The average Bonchev–Trinajstić information content (AvgIpc) is 3.16. The van der Waals surface area contributed by atoms with Crippen LogP contribution in [0.2, 0.25) is 0 Å². The Morgan fingerprint density at radius 2 is 1.64 bits per heavy atom. The summed E-state index contributed by atoms with van der Waals surface area (Å²) in [4.78, 5) is 28.4. The van der Waals surface area contributed by atoms with Gasteiger partial charge >= 0.3 is 0 Å². The molecule has 2 N–H and O–H groups in total. The lowest BCUT2D eigenvalue weighted by Gasteiger charge is -2.06. The highest BCUT2D eigenvalue weighted by Crippen LogP contribution is 2.27. The number of fused-ring (bicyclic) bond motifs is 1. The minimum absolute atomic E-state index is 0.111. The molecule has 4 aromatic rings.